The summed E-state index contributed by atoms with van der Waals surface area (Å²) in [5, 5.41) is 23.7. The molecular formula is C29H40N8O3. The molecule has 40 heavy (non-hydrogen) atoms. The average Bonchev–Trinajstić information content (AvgIpc) is 3.66. The predicted molar refractivity (Wildman–Crippen MR) is 152 cm³/mol. The summed E-state index contributed by atoms with van der Waals surface area (Å²) < 4.78 is 5.47. The van der Waals surface area contributed by atoms with Crippen LogP contribution in [0.3, 0.4) is 0 Å². The van der Waals surface area contributed by atoms with E-state index in [0.29, 0.717) is 38.9 Å². The van der Waals surface area contributed by atoms with E-state index in [1.54, 1.807) is 13.3 Å². The maximum atomic E-state index is 13.7. The third-order valence-corrected chi connectivity index (χ3v) is 7.30. The number of imidazole rings is 1. The summed E-state index contributed by atoms with van der Waals surface area (Å²) in [5.41, 5.74) is 2.74. The molecule has 0 spiro atoms. The van der Waals surface area contributed by atoms with Crippen LogP contribution in [0.4, 0.5) is 0 Å². The molecule has 6 N–H and O–H groups in total. The Hall–Kier alpha value is -3.88. The number of hydrogen-bond acceptors (Lipinski definition) is 7. The zero-order valence-electron chi connectivity index (χ0n) is 23.6. The molecule has 3 heterocycles. The van der Waals surface area contributed by atoms with Gasteiger partial charge in [0.2, 0.25) is 11.8 Å². The Bertz CT molecular complexity index is 1340. The summed E-state index contributed by atoms with van der Waals surface area (Å²) in [6, 6.07) is 8.45. The molecule has 1 fully saturated rings. The molecule has 4 rings (SSSR count). The highest BCUT2D eigenvalue weighted by Gasteiger charge is 2.33. The fourth-order valence-electron chi connectivity index (χ4n) is 5.24. The van der Waals surface area contributed by atoms with Crippen LogP contribution in [-0.2, 0) is 22.7 Å². The van der Waals surface area contributed by atoms with Crippen molar-refractivity contribution in [3.8, 4) is 11.8 Å². The molecule has 1 aromatic carbocycles. The van der Waals surface area contributed by atoms with Crippen molar-refractivity contribution in [2.75, 3.05) is 13.7 Å². The summed E-state index contributed by atoms with van der Waals surface area (Å²) >= 11 is 0. The maximum Gasteiger partial charge on any atom is 0.237 e. The quantitative estimate of drug-likeness (QED) is 0.180. The second-order valence-electron chi connectivity index (χ2n) is 10.9. The molecule has 0 aliphatic carbocycles. The van der Waals surface area contributed by atoms with Gasteiger partial charge in [-0.2, -0.15) is 5.26 Å². The topological polar surface area (TPSA) is 160 Å². The number of benzene rings is 1. The number of carbonyl (C=O) groups excluding carboxylic acids is 2. The van der Waals surface area contributed by atoms with Crippen LogP contribution in [0.5, 0.6) is 5.75 Å². The fourth-order valence-corrected chi connectivity index (χ4v) is 5.24. The Balaban J connectivity index is 1.47. The van der Waals surface area contributed by atoms with Crippen LogP contribution >= 0.6 is 0 Å². The molecule has 1 aliphatic heterocycles. The zero-order valence-corrected chi connectivity index (χ0v) is 23.6. The minimum absolute atomic E-state index is 0.0359. The minimum atomic E-state index is -0.693. The van der Waals surface area contributed by atoms with Gasteiger partial charge in [0, 0.05) is 54.0 Å². The van der Waals surface area contributed by atoms with Crippen LogP contribution < -0.4 is 26.0 Å². The molecule has 11 nitrogen and oxygen atoms in total. The number of amides is 2. The maximum absolute atomic E-state index is 13.7. The van der Waals surface area contributed by atoms with E-state index in [-0.39, 0.29) is 23.7 Å². The number of carbonyl (C=O) groups is 2. The number of H-pyrrole nitrogens is 2. The van der Waals surface area contributed by atoms with Gasteiger partial charge in [-0.3, -0.25) is 14.9 Å². The van der Waals surface area contributed by atoms with Gasteiger partial charge in [0.25, 0.3) is 0 Å². The second-order valence-corrected chi connectivity index (χ2v) is 10.9. The van der Waals surface area contributed by atoms with E-state index in [1.165, 1.54) is 0 Å². The first-order valence-electron chi connectivity index (χ1n) is 13.9. The van der Waals surface area contributed by atoms with Crippen molar-refractivity contribution in [3.05, 3.63) is 47.7 Å². The number of ether oxygens (including phenoxy) is 1. The van der Waals surface area contributed by atoms with Gasteiger partial charge < -0.3 is 30.7 Å². The largest absolute Gasteiger partial charge is 0.496 e. The first-order chi connectivity index (χ1) is 19.3. The third kappa shape index (κ3) is 7.40. The Kier molecular flexibility index (Phi) is 9.79. The molecule has 0 radical (unpaired) electrons. The lowest BCUT2D eigenvalue weighted by Gasteiger charge is -2.29. The first kappa shape index (κ1) is 29.1. The lowest BCUT2D eigenvalue weighted by molar-refractivity contribution is -0.126. The monoisotopic (exact) mass is 548 g/mol. The summed E-state index contributed by atoms with van der Waals surface area (Å²) in [5.74, 6) is 1.36. The second kappa shape index (κ2) is 13.5. The van der Waals surface area contributed by atoms with Crippen LogP contribution in [-0.4, -0.2) is 58.5 Å². The molecule has 11 heteroatoms. The lowest BCUT2D eigenvalue weighted by atomic mass is 9.93. The minimum Gasteiger partial charge on any atom is -0.496 e. The standard InChI is InChI=1S/C29H40N8O3/c1-17(2)10-25(33-14-20-12-22-23(36-20)6-5-7-27(22)40-4)29(39)37-24(11-19-8-9-31-28(19)38)26(13-30)34-16-21-15-32-18(3)35-21/h5-7,12,15,17,19,24-26,33-34,36H,8-11,14,16H2,1-4H3,(H,31,38)(H,32,35)(H,37,39). The normalized spacial score (nSPS) is 17.4. The average molecular weight is 549 g/mol. The van der Waals surface area contributed by atoms with E-state index in [4.69, 9.17) is 4.74 Å². The van der Waals surface area contributed by atoms with Gasteiger partial charge in [0.15, 0.2) is 0 Å². The van der Waals surface area contributed by atoms with Crippen molar-refractivity contribution in [1.82, 2.24) is 36.2 Å². The van der Waals surface area contributed by atoms with Crippen molar-refractivity contribution in [3.63, 3.8) is 0 Å². The van der Waals surface area contributed by atoms with Crippen LogP contribution in [0.15, 0.2) is 30.5 Å². The highest BCUT2D eigenvalue weighted by atomic mass is 16.5. The number of aromatic nitrogens is 3. The van der Waals surface area contributed by atoms with Crippen LogP contribution in [0, 0.1) is 30.1 Å². The predicted octanol–water partition coefficient (Wildman–Crippen LogP) is 2.41. The number of aromatic amines is 2. The number of nitrogens with one attached hydrogen (secondary N) is 6. The lowest BCUT2D eigenvalue weighted by Crippen LogP contribution is -2.55. The van der Waals surface area contributed by atoms with Gasteiger partial charge in [0.1, 0.15) is 17.6 Å². The third-order valence-electron chi connectivity index (χ3n) is 7.30. The van der Waals surface area contributed by atoms with Gasteiger partial charge in [-0.05, 0) is 50.3 Å². The number of nitriles is 1. The molecule has 1 saturated heterocycles. The van der Waals surface area contributed by atoms with Crippen molar-refractivity contribution in [2.45, 2.75) is 71.2 Å². The highest BCUT2D eigenvalue weighted by molar-refractivity contribution is 5.87. The number of nitrogens with zero attached hydrogens (tertiary/aromatic N) is 2. The summed E-state index contributed by atoms with van der Waals surface area (Å²) in [6.45, 7) is 7.46. The van der Waals surface area contributed by atoms with E-state index >= 15 is 0 Å². The van der Waals surface area contributed by atoms with E-state index in [2.05, 4.69) is 56.1 Å². The van der Waals surface area contributed by atoms with Crippen LogP contribution in [0.25, 0.3) is 10.9 Å². The molecule has 1 aliphatic rings. The Morgan fingerprint density at radius 2 is 2.02 bits per heavy atom. The molecular weight excluding hydrogens is 508 g/mol. The van der Waals surface area contributed by atoms with Crippen molar-refractivity contribution in [1.29, 1.82) is 5.26 Å². The number of hydrogen-bond donors (Lipinski definition) is 6. The number of methoxy groups -OCH3 is 1. The van der Waals surface area contributed by atoms with Gasteiger partial charge in [-0.15, -0.1) is 0 Å². The molecule has 2 amide bonds. The smallest absolute Gasteiger partial charge is 0.237 e. The number of fused-ring (bicyclic) bond motifs is 1. The highest BCUT2D eigenvalue weighted by Crippen LogP contribution is 2.26. The Morgan fingerprint density at radius 3 is 2.67 bits per heavy atom. The summed E-state index contributed by atoms with van der Waals surface area (Å²) in [4.78, 5) is 36.8. The van der Waals surface area contributed by atoms with E-state index in [9.17, 15) is 14.9 Å². The van der Waals surface area contributed by atoms with Crippen LogP contribution in [0.2, 0.25) is 0 Å². The fraction of sp³-hybridized carbons (Fsp3) is 0.517. The molecule has 2 aromatic heterocycles. The molecule has 0 bridgehead atoms. The van der Waals surface area contributed by atoms with Gasteiger partial charge in [-0.25, -0.2) is 4.98 Å². The van der Waals surface area contributed by atoms with Crippen molar-refractivity contribution in [2.24, 2.45) is 11.8 Å². The Labute approximate surface area is 234 Å². The van der Waals surface area contributed by atoms with E-state index in [0.717, 1.165) is 33.9 Å². The summed E-state index contributed by atoms with van der Waals surface area (Å²) in [6.07, 6.45) is 3.39. The molecule has 3 aromatic rings. The molecule has 214 valence electrons. The van der Waals surface area contributed by atoms with Gasteiger partial charge in [-0.1, -0.05) is 19.9 Å². The van der Waals surface area contributed by atoms with Crippen molar-refractivity contribution >= 4 is 22.7 Å². The molecule has 4 unspecified atom stereocenters. The van der Waals surface area contributed by atoms with Crippen LogP contribution in [0.1, 0.15) is 50.3 Å². The number of aryl methyl sites for hydroxylation is 1. The van der Waals surface area contributed by atoms with E-state index < -0.39 is 18.1 Å². The van der Waals surface area contributed by atoms with Crippen molar-refractivity contribution < 1.29 is 14.3 Å². The number of rotatable bonds is 14. The SMILES string of the molecule is COc1cccc2[nH]c(CNC(CC(C)C)C(=O)NC(CC3CCNC3=O)C(C#N)NCc3cnc(C)[nH]3)cc12. The first-order valence-corrected chi connectivity index (χ1v) is 13.9. The zero-order chi connectivity index (χ0) is 28.6. The summed E-state index contributed by atoms with van der Waals surface area (Å²) in [7, 11) is 1.65. The van der Waals surface area contributed by atoms with E-state index in [1.807, 2.05) is 31.2 Å². The Morgan fingerprint density at radius 1 is 1.23 bits per heavy atom. The molecule has 4 atom stereocenters. The van der Waals surface area contributed by atoms with Gasteiger partial charge in [0.05, 0.1) is 25.3 Å². The molecule has 0 saturated carbocycles. The van der Waals surface area contributed by atoms with Gasteiger partial charge >= 0.3 is 0 Å².